The molecule has 1 aromatic heterocycles. The molecule has 0 spiro atoms. The molecule has 230 valence electrons. The molecule has 0 radical (unpaired) electrons. The number of benzene rings is 2. The number of piperazine rings is 1. The van der Waals surface area contributed by atoms with Crippen molar-refractivity contribution in [2.75, 3.05) is 58.7 Å². The van der Waals surface area contributed by atoms with Crippen LogP contribution in [0.2, 0.25) is 0 Å². The minimum atomic E-state index is -4.68. The van der Waals surface area contributed by atoms with Gasteiger partial charge < -0.3 is 10.2 Å². The number of para-hydroxylation sites is 1. The number of halogens is 3. The van der Waals surface area contributed by atoms with Gasteiger partial charge in [0.2, 0.25) is 0 Å². The minimum Gasteiger partial charge on any atom is -0.369 e. The van der Waals surface area contributed by atoms with Gasteiger partial charge in [-0.25, -0.2) is 9.97 Å². The molecule has 1 aliphatic carbocycles. The van der Waals surface area contributed by atoms with Gasteiger partial charge in [-0.15, -0.1) is 13.2 Å². The lowest BCUT2D eigenvalue weighted by molar-refractivity contribution is -0.355. The Morgan fingerprint density at radius 3 is 2.40 bits per heavy atom. The molecule has 1 aliphatic heterocycles. The van der Waals surface area contributed by atoms with Crippen LogP contribution in [0, 0.1) is 0 Å². The Bertz CT molecular complexity index is 1420. The lowest BCUT2D eigenvalue weighted by Crippen LogP contribution is -2.47. The molecule has 0 saturated carbocycles. The van der Waals surface area contributed by atoms with Crippen LogP contribution in [0.4, 0.5) is 19.0 Å². The maximum absolute atomic E-state index is 13.0. The van der Waals surface area contributed by atoms with E-state index in [1.54, 1.807) is 12.2 Å². The summed E-state index contributed by atoms with van der Waals surface area (Å²) < 4.78 is 43.4. The van der Waals surface area contributed by atoms with Crippen molar-refractivity contribution < 1.29 is 17.9 Å². The average molecular weight is 595 g/mol. The molecule has 10 heteroatoms. The molecular formula is C33H41F3N6O. The minimum absolute atomic E-state index is 0.0510. The highest BCUT2D eigenvalue weighted by Crippen LogP contribution is 2.37. The van der Waals surface area contributed by atoms with Gasteiger partial charge in [-0.3, -0.25) is 14.5 Å². The Balaban J connectivity index is 1.27. The molecule has 3 aromatic rings. The summed E-state index contributed by atoms with van der Waals surface area (Å²) in [6.07, 6.45) is 1.74. The van der Waals surface area contributed by atoms with Crippen molar-refractivity contribution in [2.24, 2.45) is 0 Å². The molecule has 0 amide bonds. The molecule has 2 aliphatic rings. The monoisotopic (exact) mass is 594 g/mol. The van der Waals surface area contributed by atoms with E-state index in [1.165, 1.54) is 6.92 Å². The second kappa shape index (κ2) is 13.5. The summed E-state index contributed by atoms with van der Waals surface area (Å²) in [6, 6.07) is 18.2. The van der Waals surface area contributed by atoms with Crippen LogP contribution < -0.4 is 5.32 Å². The van der Waals surface area contributed by atoms with E-state index in [0.717, 1.165) is 79.4 Å². The van der Waals surface area contributed by atoms with Crippen LogP contribution in [0.25, 0.3) is 10.9 Å². The van der Waals surface area contributed by atoms with Crippen LogP contribution in [0.5, 0.6) is 0 Å². The number of nitrogens with one attached hydrogen (secondary N) is 1. The molecular weight excluding hydrogens is 553 g/mol. The molecule has 7 nitrogen and oxygen atoms in total. The van der Waals surface area contributed by atoms with Gasteiger partial charge in [0.25, 0.3) is 0 Å². The molecule has 5 rings (SSSR count). The van der Waals surface area contributed by atoms with Gasteiger partial charge in [-0.2, -0.15) is 0 Å². The smallest absolute Gasteiger partial charge is 0.369 e. The third kappa shape index (κ3) is 8.41. The van der Waals surface area contributed by atoms with E-state index in [0.29, 0.717) is 6.54 Å². The first kappa shape index (κ1) is 31.1. The Morgan fingerprint density at radius 2 is 1.72 bits per heavy atom. The van der Waals surface area contributed by atoms with Crippen molar-refractivity contribution in [1.82, 2.24) is 24.7 Å². The summed E-state index contributed by atoms with van der Waals surface area (Å²) in [7, 11) is 4.15. The summed E-state index contributed by atoms with van der Waals surface area (Å²) in [4.78, 5) is 16.8. The first-order valence-electron chi connectivity index (χ1n) is 14.9. The fourth-order valence-corrected chi connectivity index (χ4v) is 5.83. The quantitative estimate of drug-likeness (QED) is 0.272. The Labute approximate surface area is 252 Å². The van der Waals surface area contributed by atoms with Crippen molar-refractivity contribution in [3.05, 3.63) is 89.8 Å². The van der Waals surface area contributed by atoms with Crippen molar-refractivity contribution in [3.8, 4) is 0 Å². The largest absolute Gasteiger partial charge is 0.523 e. The van der Waals surface area contributed by atoms with Crippen molar-refractivity contribution in [1.29, 1.82) is 0 Å². The average Bonchev–Trinajstić information content (AvgIpc) is 2.97. The predicted molar refractivity (Wildman–Crippen MR) is 165 cm³/mol. The number of anilines is 1. The van der Waals surface area contributed by atoms with E-state index in [1.807, 2.05) is 42.5 Å². The number of rotatable bonds is 11. The van der Waals surface area contributed by atoms with E-state index in [9.17, 15) is 13.2 Å². The fourth-order valence-electron chi connectivity index (χ4n) is 5.83. The number of fused-ring (bicyclic) bond motifs is 1. The predicted octanol–water partition coefficient (Wildman–Crippen LogP) is 6.03. The van der Waals surface area contributed by atoms with Crippen molar-refractivity contribution >= 4 is 16.7 Å². The number of hydrogen-bond acceptors (Lipinski definition) is 7. The van der Waals surface area contributed by atoms with E-state index < -0.39 is 12.0 Å². The number of aromatic nitrogens is 2. The van der Waals surface area contributed by atoms with Gasteiger partial charge in [0.05, 0.1) is 23.7 Å². The lowest BCUT2D eigenvalue weighted by Gasteiger charge is -2.41. The molecule has 1 N–H and O–H groups in total. The number of nitrogens with zero attached hydrogens (tertiary/aromatic N) is 5. The SMILES string of the molecule is CN(C)CCCNc1nc(CN2CCN(C(C3=CCC(C)(OC(F)(F)F)C=C3)c3ccccc3)CC2)nc2ccccc12. The van der Waals surface area contributed by atoms with Crippen LogP contribution in [0.15, 0.2) is 78.4 Å². The second-order valence-electron chi connectivity index (χ2n) is 11.8. The Kier molecular flexibility index (Phi) is 9.81. The first-order valence-corrected chi connectivity index (χ1v) is 14.9. The van der Waals surface area contributed by atoms with Crippen LogP contribution in [0.1, 0.15) is 37.2 Å². The van der Waals surface area contributed by atoms with Gasteiger partial charge in [-0.1, -0.05) is 60.7 Å². The maximum Gasteiger partial charge on any atom is 0.523 e. The maximum atomic E-state index is 13.0. The van der Waals surface area contributed by atoms with Gasteiger partial charge in [0, 0.05) is 38.1 Å². The van der Waals surface area contributed by atoms with Gasteiger partial charge >= 0.3 is 6.36 Å². The summed E-state index contributed by atoms with van der Waals surface area (Å²) in [5, 5.41) is 4.55. The van der Waals surface area contributed by atoms with Crippen LogP contribution >= 0.6 is 0 Å². The number of hydrogen-bond donors (Lipinski definition) is 1. The van der Waals surface area contributed by atoms with E-state index in [4.69, 9.17) is 9.97 Å². The van der Waals surface area contributed by atoms with Crippen LogP contribution in [-0.2, 0) is 11.3 Å². The molecule has 2 aromatic carbocycles. The fraction of sp³-hybridized carbons (Fsp3) is 0.455. The highest BCUT2D eigenvalue weighted by atomic mass is 19.4. The highest BCUT2D eigenvalue weighted by Gasteiger charge is 2.40. The highest BCUT2D eigenvalue weighted by molar-refractivity contribution is 5.88. The zero-order valence-corrected chi connectivity index (χ0v) is 25.1. The molecule has 2 atom stereocenters. The number of ether oxygens (including phenoxy) is 1. The molecule has 1 saturated heterocycles. The zero-order chi connectivity index (χ0) is 30.5. The van der Waals surface area contributed by atoms with E-state index >= 15 is 0 Å². The number of alkyl halides is 3. The second-order valence-corrected chi connectivity index (χ2v) is 11.8. The Morgan fingerprint density at radius 1 is 1.00 bits per heavy atom. The summed E-state index contributed by atoms with van der Waals surface area (Å²) in [5.74, 6) is 1.67. The Hall–Kier alpha value is -3.31. The third-order valence-electron chi connectivity index (χ3n) is 8.01. The van der Waals surface area contributed by atoms with Crippen molar-refractivity contribution in [2.45, 2.75) is 44.3 Å². The molecule has 1 fully saturated rings. The normalized spacial score (nSPS) is 20.9. The van der Waals surface area contributed by atoms with Gasteiger partial charge in [0.1, 0.15) is 11.6 Å². The zero-order valence-electron chi connectivity index (χ0n) is 25.1. The molecule has 0 bridgehead atoms. The topological polar surface area (TPSA) is 56.8 Å². The first-order chi connectivity index (χ1) is 20.6. The summed E-state index contributed by atoms with van der Waals surface area (Å²) in [5.41, 5.74) is 1.64. The molecule has 2 heterocycles. The van der Waals surface area contributed by atoms with E-state index in [2.05, 4.69) is 57.0 Å². The standard InChI is InChI=1S/C33H41F3N6O/c1-32(43-33(34,35)36)16-14-26(15-17-32)30(25-10-5-4-6-11-25)42-22-20-41(21-23-42)24-29-38-28-13-8-7-12-27(28)31(39-29)37-18-9-19-40(2)3/h4-8,10-16,30H,9,17-24H2,1-3H3,(H,37,38,39). The van der Waals surface area contributed by atoms with Gasteiger partial charge in [0.15, 0.2) is 0 Å². The van der Waals surface area contributed by atoms with Crippen LogP contribution in [0.3, 0.4) is 0 Å². The van der Waals surface area contributed by atoms with Gasteiger partial charge in [-0.05, 0) is 63.7 Å². The summed E-state index contributed by atoms with van der Waals surface area (Å²) in [6.45, 7) is 7.24. The van der Waals surface area contributed by atoms with Crippen LogP contribution in [-0.4, -0.2) is 90.0 Å². The van der Waals surface area contributed by atoms with E-state index in [-0.39, 0.29) is 12.5 Å². The van der Waals surface area contributed by atoms with Crippen molar-refractivity contribution in [3.63, 3.8) is 0 Å². The third-order valence-corrected chi connectivity index (χ3v) is 8.01. The molecule has 2 unspecified atom stereocenters. The lowest BCUT2D eigenvalue weighted by atomic mass is 9.87. The summed E-state index contributed by atoms with van der Waals surface area (Å²) >= 11 is 0. The molecule has 43 heavy (non-hydrogen) atoms.